The number of urea groups is 1. The van der Waals surface area contributed by atoms with Gasteiger partial charge in [0.05, 0.1) is 16.1 Å². The molecule has 0 atom stereocenters. The van der Waals surface area contributed by atoms with Crippen LogP contribution in [-0.2, 0) is 0 Å². The van der Waals surface area contributed by atoms with E-state index in [4.69, 9.17) is 23.8 Å². The largest absolute Gasteiger partial charge is 0.351 e. The summed E-state index contributed by atoms with van der Waals surface area (Å²) < 4.78 is 0. The first kappa shape index (κ1) is 14.0. The molecule has 0 spiro atoms. The van der Waals surface area contributed by atoms with E-state index in [1.165, 1.54) is 0 Å². The SMILES string of the molecule is C#Cc1c(Cl)c(-c2ccccc2)cc2c(NC(N)=O)n[nH]c12. The number of anilines is 1. The van der Waals surface area contributed by atoms with E-state index in [-0.39, 0.29) is 0 Å². The van der Waals surface area contributed by atoms with Crippen molar-refractivity contribution >= 4 is 34.4 Å². The van der Waals surface area contributed by atoms with E-state index in [1.807, 2.05) is 36.4 Å². The van der Waals surface area contributed by atoms with Crippen molar-refractivity contribution < 1.29 is 4.79 Å². The quantitative estimate of drug-likeness (QED) is 0.634. The maximum atomic E-state index is 11.1. The molecule has 0 aliphatic carbocycles. The Morgan fingerprint density at radius 2 is 2.09 bits per heavy atom. The zero-order valence-electron chi connectivity index (χ0n) is 11.4. The molecule has 0 aliphatic rings. The van der Waals surface area contributed by atoms with Gasteiger partial charge >= 0.3 is 6.03 Å². The average molecular weight is 311 g/mol. The van der Waals surface area contributed by atoms with Gasteiger partial charge in [0.2, 0.25) is 0 Å². The second-order valence-electron chi connectivity index (χ2n) is 4.61. The number of nitrogens with zero attached hydrogens (tertiary/aromatic N) is 1. The number of carbonyl (C=O) groups is 1. The predicted octanol–water partition coefficient (Wildman–Crippen LogP) is 3.36. The normalized spacial score (nSPS) is 10.4. The molecule has 0 saturated carbocycles. The number of rotatable bonds is 2. The highest BCUT2D eigenvalue weighted by Gasteiger charge is 2.17. The summed E-state index contributed by atoms with van der Waals surface area (Å²) in [6.45, 7) is 0. The van der Waals surface area contributed by atoms with Crippen LogP contribution < -0.4 is 11.1 Å². The third kappa shape index (κ3) is 2.26. The number of primary amides is 1. The average Bonchev–Trinajstić information content (AvgIpc) is 2.89. The molecule has 0 saturated heterocycles. The van der Waals surface area contributed by atoms with Gasteiger partial charge in [-0.05, 0) is 11.6 Å². The predicted molar refractivity (Wildman–Crippen MR) is 87.7 cm³/mol. The number of aromatic amines is 1. The van der Waals surface area contributed by atoms with Gasteiger partial charge in [0.1, 0.15) is 0 Å². The second kappa shape index (κ2) is 5.43. The van der Waals surface area contributed by atoms with Crippen molar-refractivity contribution in [3.63, 3.8) is 0 Å². The lowest BCUT2D eigenvalue weighted by atomic mass is 10.00. The van der Waals surface area contributed by atoms with Crippen LogP contribution in [0.4, 0.5) is 10.6 Å². The van der Waals surface area contributed by atoms with Crippen molar-refractivity contribution in [2.75, 3.05) is 5.32 Å². The number of nitrogens with one attached hydrogen (secondary N) is 2. The van der Waals surface area contributed by atoms with Crippen molar-refractivity contribution in [2.24, 2.45) is 5.73 Å². The molecule has 0 fully saturated rings. The monoisotopic (exact) mass is 310 g/mol. The number of hydrogen-bond donors (Lipinski definition) is 3. The molecule has 3 aromatic rings. The van der Waals surface area contributed by atoms with E-state index in [1.54, 1.807) is 0 Å². The van der Waals surface area contributed by atoms with E-state index < -0.39 is 6.03 Å². The lowest BCUT2D eigenvalue weighted by Crippen LogP contribution is -2.19. The Hall–Kier alpha value is -2.97. The first-order valence-corrected chi connectivity index (χ1v) is 6.78. The molecule has 6 heteroatoms. The zero-order valence-corrected chi connectivity index (χ0v) is 12.1. The number of amides is 2. The van der Waals surface area contributed by atoms with Crippen LogP contribution in [-0.4, -0.2) is 16.2 Å². The van der Waals surface area contributed by atoms with Gasteiger partial charge in [-0.3, -0.25) is 10.4 Å². The molecule has 1 aromatic heterocycles. The van der Waals surface area contributed by atoms with Crippen molar-refractivity contribution in [2.45, 2.75) is 0 Å². The lowest BCUT2D eigenvalue weighted by molar-refractivity contribution is 0.259. The summed E-state index contributed by atoms with van der Waals surface area (Å²) >= 11 is 6.44. The molecule has 3 rings (SSSR count). The first-order chi connectivity index (χ1) is 10.6. The van der Waals surface area contributed by atoms with E-state index in [0.717, 1.165) is 11.1 Å². The van der Waals surface area contributed by atoms with Crippen LogP contribution in [0.1, 0.15) is 5.56 Å². The van der Waals surface area contributed by atoms with Gasteiger partial charge in [-0.15, -0.1) is 6.42 Å². The minimum Gasteiger partial charge on any atom is -0.351 e. The Labute approximate surface area is 131 Å². The first-order valence-electron chi connectivity index (χ1n) is 6.41. The fourth-order valence-corrected chi connectivity index (χ4v) is 2.62. The number of benzene rings is 2. The van der Waals surface area contributed by atoms with Gasteiger partial charge in [-0.1, -0.05) is 47.9 Å². The van der Waals surface area contributed by atoms with Gasteiger partial charge in [0, 0.05) is 10.9 Å². The van der Waals surface area contributed by atoms with Gasteiger partial charge < -0.3 is 5.73 Å². The molecule has 1 heterocycles. The highest BCUT2D eigenvalue weighted by molar-refractivity contribution is 6.36. The van der Waals surface area contributed by atoms with Crippen LogP contribution in [0.3, 0.4) is 0 Å². The molecule has 4 N–H and O–H groups in total. The van der Waals surface area contributed by atoms with E-state index in [2.05, 4.69) is 21.4 Å². The minimum absolute atomic E-state index is 0.313. The van der Waals surface area contributed by atoms with Crippen LogP contribution in [0.25, 0.3) is 22.0 Å². The molecule has 0 aliphatic heterocycles. The summed E-state index contributed by atoms with van der Waals surface area (Å²) in [5.74, 6) is 2.88. The van der Waals surface area contributed by atoms with Crippen LogP contribution in [0.2, 0.25) is 5.02 Å². The van der Waals surface area contributed by atoms with Crippen LogP contribution in [0, 0.1) is 12.3 Å². The van der Waals surface area contributed by atoms with E-state index >= 15 is 0 Å². The highest BCUT2D eigenvalue weighted by Crippen LogP contribution is 2.37. The summed E-state index contributed by atoms with van der Waals surface area (Å²) in [4.78, 5) is 11.1. The Morgan fingerprint density at radius 3 is 2.73 bits per heavy atom. The number of carbonyl (C=O) groups excluding carboxylic acids is 1. The summed E-state index contributed by atoms with van der Waals surface area (Å²) in [7, 11) is 0. The van der Waals surface area contributed by atoms with Crippen LogP contribution >= 0.6 is 11.6 Å². The Balaban J connectivity index is 2.32. The lowest BCUT2D eigenvalue weighted by Gasteiger charge is -2.08. The third-order valence-electron chi connectivity index (χ3n) is 3.27. The molecule has 0 bridgehead atoms. The topological polar surface area (TPSA) is 83.8 Å². The molecule has 22 heavy (non-hydrogen) atoms. The third-order valence-corrected chi connectivity index (χ3v) is 3.66. The van der Waals surface area contributed by atoms with E-state index in [9.17, 15) is 4.79 Å². The summed E-state index contributed by atoms with van der Waals surface area (Å²) in [6.07, 6.45) is 5.58. The number of aromatic nitrogens is 2. The van der Waals surface area contributed by atoms with Crippen molar-refractivity contribution in [1.82, 2.24) is 10.2 Å². The van der Waals surface area contributed by atoms with Gasteiger partial charge in [0.15, 0.2) is 5.82 Å². The second-order valence-corrected chi connectivity index (χ2v) is 4.99. The maximum Gasteiger partial charge on any atom is 0.317 e. The van der Waals surface area contributed by atoms with E-state index in [0.29, 0.717) is 27.3 Å². The molecule has 5 nitrogen and oxygen atoms in total. The van der Waals surface area contributed by atoms with Crippen molar-refractivity contribution in [3.8, 4) is 23.5 Å². The fraction of sp³-hybridized carbons (Fsp3) is 0. The Morgan fingerprint density at radius 1 is 1.36 bits per heavy atom. The van der Waals surface area contributed by atoms with Gasteiger partial charge in [-0.2, -0.15) is 5.10 Å². The molecule has 0 unspecified atom stereocenters. The maximum absolute atomic E-state index is 11.1. The van der Waals surface area contributed by atoms with Crippen molar-refractivity contribution in [1.29, 1.82) is 0 Å². The van der Waals surface area contributed by atoms with Crippen LogP contribution in [0.15, 0.2) is 36.4 Å². The Bertz CT molecular complexity index is 909. The summed E-state index contributed by atoms with van der Waals surface area (Å²) in [6, 6.07) is 10.7. The highest BCUT2D eigenvalue weighted by atomic mass is 35.5. The van der Waals surface area contributed by atoms with Gasteiger partial charge in [0.25, 0.3) is 0 Å². The summed E-state index contributed by atoms with van der Waals surface area (Å²) in [5, 5.41) is 10.4. The smallest absolute Gasteiger partial charge is 0.317 e. The molecule has 2 aromatic carbocycles. The number of halogens is 1. The number of nitrogens with two attached hydrogens (primary N) is 1. The molecule has 108 valence electrons. The number of H-pyrrole nitrogens is 1. The molecule has 2 amide bonds. The minimum atomic E-state index is -0.702. The van der Waals surface area contributed by atoms with Gasteiger partial charge in [-0.25, -0.2) is 4.79 Å². The number of terminal acetylenes is 1. The summed E-state index contributed by atoms with van der Waals surface area (Å²) in [5.41, 5.74) is 7.90. The molecule has 0 radical (unpaired) electrons. The fourth-order valence-electron chi connectivity index (χ4n) is 2.31. The van der Waals surface area contributed by atoms with Crippen LogP contribution in [0.5, 0.6) is 0 Å². The Kier molecular flexibility index (Phi) is 3.45. The number of fused-ring (bicyclic) bond motifs is 1. The molecular weight excluding hydrogens is 300 g/mol. The molecular formula is C16H11ClN4O. The standard InChI is InChI=1S/C16H11ClN4O/c1-2-10-13(17)11(9-6-4-3-5-7-9)8-12-14(10)20-21-15(12)19-16(18)22/h1,3-8H,(H4,18,19,20,21,22). The van der Waals surface area contributed by atoms with Crippen molar-refractivity contribution in [3.05, 3.63) is 47.0 Å². The zero-order chi connectivity index (χ0) is 15.7. The number of hydrogen-bond acceptors (Lipinski definition) is 2.